The first kappa shape index (κ1) is 7.98. The van der Waals surface area contributed by atoms with Crippen LogP contribution in [0.1, 0.15) is 13.3 Å². The fourth-order valence-electron chi connectivity index (χ4n) is 1.35. The molecule has 0 aromatic heterocycles. The molecule has 1 fully saturated rings. The van der Waals surface area contributed by atoms with Crippen LogP contribution in [0.15, 0.2) is 0 Å². The molecule has 0 aromatic carbocycles. The molecule has 3 heteroatoms. The van der Waals surface area contributed by atoms with Crippen molar-refractivity contribution in [3.05, 3.63) is 0 Å². The summed E-state index contributed by atoms with van der Waals surface area (Å²) in [6, 6.07) is 0. The summed E-state index contributed by atoms with van der Waals surface area (Å²) in [4.78, 5) is 0. The van der Waals surface area contributed by atoms with Gasteiger partial charge in [0.25, 0.3) is 0 Å². The zero-order valence-corrected chi connectivity index (χ0v) is 6.21. The van der Waals surface area contributed by atoms with E-state index in [2.05, 4.69) is 5.32 Å². The number of aliphatic hydroxyl groups excluding tert-OH is 1. The highest BCUT2D eigenvalue weighted by atomic mass is 16.3. The summed E-state index contributed by atoms with van der Waals surface area (Å²) in [7, 11) is 0. The van der Waals surface area contributed by atoms with Crippen LogP contribution in [0.3, 0.4) is 0 Å². The minimum atomic E-state index is -0.796. The lowest BCUT2D eigenvalue weighted by atomic mass is 9.98. The molecule has 0 aliphatic carbocycles. The van der Waals surface area contributed by atoms with Gasteiger partial charge in [0.2, 0.25) is 0 Å². The lowest BCUT2D eigenvalue weighted by Gasteiger charge is -2.16. The highest BCUT2D eigenvalue weighted by Gasteiger charge is 2.27. The Morgan fingerprint density at radius 1 is 1.70 bits per heavy atom. The molecule has 2 N–H and O–H groups in total. The first-order valence-corrected chi connectivity index (χ1v) is 3.76. The molecule has 0 bridgehead atoms. The Kier molecular flexibility index (Phi) is 2.65. The third-order valence-corrected chi connectivity index (χ3v) is 2.04. The first-order chi connectivity index (χ1) is 4.72. The largest absolute Gasteiger partial charge is 0.391 e. The van der Waals surface area contributed by atoms with Gasteiger partial charge in [0.05, 0.1) is 6.10 Å². The molecule has 1 aliphatic rings. The van der Waals surface area contributed by atoms with Gasteiger partial charge in [-0.15, -0.1) is 0 Å². The van der Waals surface area contributed by atoms with E-state index < -0.39 is 12.2 Å². The molecule has 3 nitrogen and oxygen atoms in total. The van der Waals surface area contributed by atoms with Crippen molar-refractivity contribution in [2.24, 2.45) is 5.92 Å². The quantitative estimate of drug-likeness (QED) is 0.562. The third kappa shape index (κ3) is 1.68. The standard InChI is InChI=1S/C7H14NO2/c1-5(9)7(10)6-2-3-8-4-6/h5-9H,2-4H2,1H3. The predicted octanol–water partition coefficient (Wildman–Crippen LogP) is -0.224. The SMILES string of the molecule is CC(O)C([O])C1CCNC1. The van der Waals surface area contributed by atoms with Crippen molar-refractivity contribution in [2.45, 2.75) is 25.6 Å². The normalized spacial score (nSPS) is 32.1. The molecule has 59 valence electrons. The molecule has 1 heterocycles. The molecule has 3 atom stereocenters. The molecule has 0 amide bonds. The first-order valence-electron chi connectivity index (χ1n) is 3.76. The maximum Gasteiger partial charge on any atom is 0.123 e. The van der Waals surface area contributed by atoms with E-state index in [1.165, 1.54) is 0 Å². The molecule has 1 radical (unpaired) electrons. The van der Waals surface area contributed by atoms with Crippen molar-refractivity contribution >= 4 is 0 Å². The smallest absolute Gasteiger partial charge is 0.123 e. The molecule has 1 saturated heterocycles. The third-order valence-electron chi connectivity index (χ3n) is 2.04. The topological polar surface area (TPSA) is 52.2 Å². The highest BCUT2D eigenvalue weighted by Crippen LogP contribution is 2.15. The molecule has 1 rings (SSSR count). The number of nitrogens with one attached hydrogen (secondary N) is 1. The van der Waals surface area contributed by atoms with E-state index in [1.807, 2.05) is 0 Å². The lowest BCUT2D eigenvalue weighted by Crippen LogP contribution is -2.31. The molecular weight excluding hydrogens is 130 g/mol. The second kappa shape index (κ2) is 3.32. The van der Waals surface area contributed by atoms with E-state index in [9.17, 15) is 5.11 Å². The summed E-state index contributed by atoms with van der Waals surface area (Å²) in [5.74, 6) is 0.139. The summed E-state index contributed by atoms with van der Waals surface area (Å²) < 4.78 is 0. The van der Waals surface area contributed by atoms with Crippen molar-refractivity contribution in [1.82, 2.24) is 5.32 Å². The average molecular weight is 144 g/mol. The fourth-order valence-corrected chi connectivity index (χ4v) is 1.35. The van der Waals surface area contributed by atoms with E-state index in [4.69, 9.17) is 5.11 Å². The van der Waals surface area contributed by atoms with Crippen molar-refractivity contribution in [2.75, 3.05) is 13.1 Å². The zero-order valence-electron chi connectivity index (χ0n) is 6.21. The van der Waals surface area contributed by atoms with Gasteiger partial charge in [0, 0.05) is 12.5 Å². The van der Waals surface area contributed by atoms with Crippen LogP contribution >= 0.6 is 0 Å². The van der Waals surface area contributed by atoms with Crippen LogP contribution < -0.4 is 5.32 Å². The average Bonchev–Trinajstić information content (AvgIpc) is 2.36. The van der Waals surface area contributed by atoms with Crippen LogP contribution in [0, 0.1) is 5.92 Å². The number of aliphatic hydroxyl groups is 1. The van der Waals surface area contributed by atoms with Crippen molar-refractivity contribution in [3.8, 4) is 0 Å². The molecule has 0 saturated carbocycles. The Bertz CT molecular complexity index is 99.8. The molecule has 3 unspecified atom stereocenters. The molecule has 0 aromatic rings. The monoisotopic (exact) mass is 144 g/mol. The summed E-state index contributed by atoms with van der Waals surface area (Å²) in [6.45, 7) is 3.27. The Morgan fingerprint density at radius 2 is 2.40 bits per heavy atom. The van der Waals surface area contributed by atoms with Crippen LogP contribution in [0.25, 0.3) is 0 Å². The van der Waals surface area contributed by atoms with E-state index in [1.54, 1.807) is 6.92 Å². The van der Waals surface area contributed by atoms with Gasteiger partial charge in [-0.25, -0.2) is 5.11 Å². The van der Waals surface area contributed by atoms with Crippen LogP contribution in [0.4, 0.5) is 0 Å². The summed E-state index contributed by atoms with van der Waals surface area (Å²) in [6.07, 6.45) is -0.584. The van der Waals surface area contributed by atoms with E-state index in [0.717, 1.165) is 19.5 Å². The van der Waals surface area contributed by atoms with E-state index >= 15 is 0 Å². The van der Waals surface area contributed by atoms with Gasteiger partial charge in [-0.05, 0) is 19.9 Å². The van der Waals surface area contributed by atoms with E-state index in [-0.39, 0.29) is 5.92 Å². The summed E-state index contributed by atoms with van der Waals surface area (Å²) in [5, 5.41) is 23.2. The number of hydrogen-bond donors (Lipinski definition) is 2. The van der Waals surface area contributed by atoms with Gasteiger partial charge in [-0.1, -0.05) is 0 Å². The van der Waals surface area contributed by atoms with Gasteiger partial charge >= 0.3 is 0 Å². The summed E-state index contributed by atoms with van der Waals surface area (Å²) in [5.41, 5.74) is 0. The minimum Gasteiger partial charge on any atom is -0.391 e. The number of rotatable bonds is 2. The molecule has 0 spiro atoms. The molecule has 1 aliphatic heterocycles. The van der Waals surface area contributed by atoms with Gasteiger partial charge in [0.1, 0.15) is 6.10 Å². The molecular formula is C7H14NO2. The minimum absolute atomic E-state index is 0.139. The van der Waals surface area contributed by atoms with Gasteiger partial charge < -0.3 is 10.4 Å². The number of hydrogen-bond acceptors (Lipinski definition) is 2. The maximum absolute atomic E-state index is 11.1. The Hall–Kier alpha value is -0.120. The van der Waals surface area contributed by atoms with Crippen molar-refractivity contribution in [3.63, 3.8) is 0 Å². The van der Waals surface area contributed by atoms with Gasteiger partial charge in [0.15, 0.2) is 0 Å². The predicted molar refractivity (Wildman–Crippen MR) is 37.1 cm³/mol. The second-order valence-electron chi connectivity index (χ2n) is 2.96. The van der Waals surface area contributed by atoms with Crippen LogP contribution in [-0.4, -0.2) is 30.4 Å². The van der Waals surface area contributed by atoms with Crippen LogP contribution in [0.5, 0.6) is 0 Å². The zero-order chi connectivity index (χ0) is 7.56. The highest BCUT2D eigenvalue weighted by molar-refractivity contribution is 4.80. The van der Waals surface area contributed by atoms with Crippen LogP contribution in [0.2, 0.25) is 0 Å². The molecule has 10 heavy (non-hydrogen) atoms. The fraction of sp³-hybridized carbons (Fsp3) is 1.00. The second-order valence-corrected chi connectivity index (χ2v) is 2.96. The van der Waals surface area contributed by atoms with Crippen molar-refractivity contribution < 1.29 is 10.2 Å². The summed E-state index contributed by atoms with van der Waals surface area (Å²) >= 11 is 0. The van der Waals surface area contributed by atoms with Gasteiger partial charge in [-0.3, -0.25) is 0 Å². The van der Waals surface area contributed by atoms with E-state index in [0.29, 0.717) is 0 Å². The Labute approximate surface area is 61.1 Å². The van der Waals surface area contributed by atoms with Crippen molar-refractivity contribution in [1.29, 1.82) is 0 Å². The Morgan fingerprint density at radius 3 is 2.80 bits per heavy atom. The van der Waals surface area contributed by atoms with Gasteiger partial charge in [-0.2, -0.15) is 0 Å². The maximum atomic E-state index is 11.1. The lowest BCUT2D eigenvalue weighted by molar-refractivity contribution is -0.0469. The Balaban J connectivity index is 2.32. The van der Waals surface area contributed by atoms with Crippen LogP contribution in [-0.2, 0) is 5.11 Å².